The minimum Gasteiger partial charge on any atom is -0.481 e. The summed E-state index contributed by atoms with van der Waals surface area (Å²) in [7, 11) is 0. The number of nitrogens with zero attached hydrogens (tertiary/aromatic N) is 1. The van der Waals surface area contributed by atoms with Gasteiger partial charge in [-0.1, -0.05) is 44.4 Å². The summed E-state index contributed by atoms with van der Waals surface area (Å²) in [5, 5.41) is 9.92. The van der Waals surface area contributed by atoms with Crippen LogP contribution in [-0.4, -0.2) is 33.5 Å². The molecule has 1 aromatic carbocycles. The second-order valence-corrected chi connectivity index (χ2v) is 7.04. The van der Waals surface area contributed by atoms with Crippen molar-refractivity contribution < 1.29 is 14.7 Å². The minimum absolute atomic E-state index is 0.00866. The first-order chi connectivity index (χ1) is 11.0. The van der Waals surface area contributed by atoms with Gasteiger partial charge in [-0.3, -0.25) is 9.59 Å². The molecule has 124 valence electrons. The molecule has 1 saturated carbocycles. The number of hydrogen-bond acceptors (Lipinski definition) is 2. The first-order valence-electron chi connectivity index (χ1n) is 8.66. The summed E-state index contributed by atoms with van der Waals surface area (Å²) in [6, 6.07) is 7.39. The molecule has 1 aliphatic carbocycles. The van der Waals surface area contributed by atoms with Crippen molar-refractivity contribution in [2.75, 3.05) is 0 Å². The van der Waals surface area contributed by atoms with E-state index in [4.69, 9.17) is 0 Å². The van der Waals surface area contributed by atoms with Crippen LogP contribution in [-0.2, 0) is 4.79 Å². The zero-order valence-electron chi connectivity index (χ0n) is 13.9. The van der Waals surface area contributed by atoms with Crippen molar-refractivity contribution >= 4 is 11.9 Å². The summed E-state index contributed by atoms with van der Waals surface area (Å²) < 4.78 is 0. The largest absolute Gasteiger partial charge is 0.481 e. The lowest BCUT2D eigenvalue weighted by atomic mass is 9.71. The van der Waals surface area contributed by atoms with Gasteiger partial charge in [-0.05, 0) is 37.8 Å². The molecule has 0 bridgehead atoms. The molecule has 1 aliphatic heterocycles. The Morgan fingerprint density at radius 1 is 1.26 bits per heavy atom. The van der Waals surface area contributed by atoms with Crippen molar-refractivity contribution in [3.05, 3.63) is 35.4 Å². The van der Waals surface area contributed by atoms with Crippen LogP contribution in [0.15, 0.2) is 24.3 Å². The van der Waals surface area contributed by atoms with Crippen LogP contribution in [0.4, 0.5) is 0 Å². The lowest BCUT2D eigenvalue weighted by molar-refractivity contribution is -0.143. The van der Waals surface area contributed by atoms with Gasteiger partial charge in [0.25, 0.3) is 5.91 Å². The Kier molecular flexibility index (Phi) is 4.17. The van der Waals surface area contributed by atoms with Crippen molar-refractivity contribution in [3.8, 4) is 0 Å². The Bertz CT molecular complexity index is 621. The van der Waals surface area contributed by atoms with E-state index in [1.807, 2.05) is 30.9 Å². The van der Waals surface area contributed by atoms with E-state index >= 15 is 0 Å². The summed E-state index contributed by atoms with van der Waals surface area (Å²) in [5.74, 6) is -1.49. The maximum atomic E-state index is 13.2. The Morgan fingerprint density at radius 2 is 1.91 bits per heavy atom. The molecule has 4 heteroatoms. The fraction of sp³-hybridized carbons (Fsp3) is 0.579. The average molecular weight is 315 g/mol. The van der Waals surface area contributed by atoms with E-state index in [1.54, 1.807) is 12.1 Å². The number of carboxylic acid groups (broad SMARTS) is 1. The van der Waals surface area contributed by atoms with Crippen LogP contribution in [0.3, 0.4) is 0 Å². The highest BCUT2D eigenvalue weighted by atomic mass is 16.4. The standard InChI is InChI=1S/C19H25NO3/c1-3-19(2)16(18(22)23)14-11-7-8-12-15(14)17(21)20(19)13-9-5-4-6-10-13/h7-8,11-13,16H,3-6,9-10H2,1-2H3,(H,22,23). The van der Waals surface area contributed by atoms with Gasteiger partial charge >= 0.3 is 5.97 Å². The van der Waals surface area contributed by atoms with Gasteiger partial charge < -0.3 is 10.0 Å². The molecular formula is C19H25NO3. The topological polar surface area (TPSA) is 57.6 Å². The lowest BCUT2D eigenvalue weighted by Crippen LogP contribution is -2.62. The van der Waals surface area contributed by atoms with E-state index in [-0.39, 0.29) is 11.9 Å². The molecule has 1 N–H and O–H groups in total. The molecular weight excluding hydrogens is 290 g/mol. The summed E-state index contributed by atoms with van der Waals surface area (Å²) in [6.07, 6.45) is 6.05. The van der Waals surface area contributed by atoms with Gasteiger partial charge in [0.2, 0.25) is 0 Å². The molecule has 1 amide bonds. The summed E-state index contributed by atoms with van der Waals surface area (Å²) >= 11 is 0. The number of rotatable bonds is 3. The molecule has 1 heterocycles. The quantitative estimate of drug-likeness (QED) is 0.922. The van der Waals surface area contributed by atoms with E-state index in [0.29, 0.717) is 17.5 Å². The average Bonchev–Trinajstić information content (AvgIpc) is 2.55. The van der Waals surface area contributed by atoms with Crippen molar-refractivity contribution in [2.24, 2.45) is 0 Å². The first-order valence-corrected chi connectivity index (χ1v) is 8.66. The van der Waals surface area contributed by atoms with Crippen LogP contribution in [0.2, 0.25) is 0 Å². The molecule has 0 spiro atoms. The van der Waals surface area contributed by atoms with Crippen molar-refractivity contribution in [1.82, 2.24) is 4.90 Å². The Hall–Kier alpha value is -1.84. The number of fused-ring (bicyclic) bond motifs is 1. The van der Waals surface area contributed by atoms with Gasteiger partial charge in [-0.2, -0.15) is 0 Å². The van der Waals surface area contributed by atoms with E-state index in [0.717, 1.165) is 25.7 Å². The number of amides is 1. The normalized spacial score (nSPS) is 28.5. The van der Waals surface area contributed by atoms with Crippen LogP contribution in [0.25, 0.3) is 0 Å². The predicted octanol–water partition coefficient (Wildman–Crippen LogP) is 3.81. The van der Waals surface area contributed by atoms with Crippen molar-refractivity contribution in [2.45, 2.75) is 69.9 Å². The summed E-state index contributed by atoms with van der Waals surface area (Å²) in [4.78, 5) is 27.2. The second-order valence-electron chi connectivity index (χ2n) is 7.04. The van der Waals surface area contributed by atoms with Crippen molar-refractivity contribution in [1.29, 1.82) is 0 Å². The monoisotopic (exact) mass is 315 g/mol. The summed E-state index contributed by atoms with van der Waals surface area (Å²) in [6.45, 7) is 3.95. The van der Waals surface area contributed by atoms with E-state index in [2.05, 4.69) is 0 Å². The van der Waals surface area contributed by atoms with Gasteiger partial charge in [0, 0.05) is 11.6 Å². The van der Waals surface area contributed by atoms with Crippen LogP contribution in [0.1, 0.15) is 74.2 Å². The maximum Gasteiger partial charge on any atom is 0.313 e. The maximum absolute atomic E-state index is 13.2. The molecule has 3 rings (SSSR count). The number of aliphatic carboxylic acids is 1. The highest BCUT2D eigenvalue weighted by Gasteiger charge is 2.52. The number of benzene rings is 1. The fourth-order valence-corrected chi connectivity index (χ4v) is 4.47. The summed E-state index contributed by atoms with van der Waals surface area (Å²) in [5.41, 5.74) is 0.567. The Labute approximate surface area is 137 Å². The molecule has 1 aromatic rings. The zero-order chi connectivity index (χ0) is 16.6. The van der Waals surface area contributed by atoms with E-state index in [9.17, 15) is 14.7 Å². The van der Waals surface area contributed by atoms with E-state index < -0.39 is 17.4 Å². The van der Waals surface area contributed by atoms with E-state index in [1.165, 1.54) is 6.42 Å². The Morgan fingerprint density at radius 3 is 2.52 bits per heavy atom. The highest BCUT2D eigenvalue weighted by molar-refractivity contribution is 6.01. The van der Waals surface area contributed by atoms with Gasteiger partial charge in [0.1, 0.15) is 5.92 Å². The minimum atomic E-state index is -0.838. The van der Waals surface area contributed by atoms with Gasteiger partial charge in [-0.25, -0.2) is 0 Å². The second kappa shape index (κ2) is 5.99. The van der Waals surface area contributed by atoms with Gasteiger partial charge in [0.15, 0.2) is 0 Å². The highest BCUT2D eigenvalue weighted by Crippen LogP contribution is 2.45. The van der Waals surface area contributed by atoms with Crippen LogP contribution < -0.4 is 0 Å². The molecule has 0 aromatic heterocycles. The molecule has 2 atom stereocenters. The van der Waals surface area contributed by atoms with Gasteiger partial charge in [-0.15, -0.1) is 0 Å². The number of carbonyl (C=O) groups is 2. The van der Waals surface area contributed by atoms with Crippen molar-refractivity contribution in [3.63, 3.8) is 0 Å². The Balaban J connectivity index is 2.15. The SMILES string of the molecule is CCC1(C)C(C(=O)O)c2ccccc2C(=O)N1C1CCCCC1. The molecule has 0 radical (unpaired) electrons. The predicted molar refractivity (Wildman–Crippen MR) is 88.6 cm³/mol. The third kappa shape index (κ3) is 2.44. The lowest BCUT2D eigenvalue weighted by Gasteiger charge is -2.52. The van der Waals surface area contributed by atoms with Crippen LogP contribution >= 0.6 is 0 Å². The molecule has 0 saturated heterocycles. The smallest absolute Gasteiger partial charge is 0.313 e. The molecule has 4 nitrogen and oxygen atoms in total. The molecule has 1 fully saturated rings. The molecule has 2 unspecified atom stereocenters. The molecule has 23 heavy (non-hydrogen) atoms. The number of hydrogen-bond donors (Lipinski definition) is 1. The zero-order valence-corrected chi connectivity index (χ0v) is 13.9. The number of carbonyl (C=O) groups excluding carboxylic acids is 1. The first kappa shape index (κ1) is 16.0. The third-order valence-corrected chi connectivity index (χ3v) is 5.80. The van der Waals surface area contributed by atoms with Crippen LogP contribution in [0, 0.1) is 0 Å². The number of carboxylic acids is 1. The fourth-order valence-electron chi connectivity index (χ4n) is 4.47. The van der Waals surface area contributed by atoms with Crippen LogP contribution in [0.5, 0.6) is 0 Å². The van der Waals surface area contributed by atoms with Gasteiger partial charge in [0.05, 0.1) is 5.54 Å². The molecule has 2 aliphatic rings. The third-order valence-electron chi connectivity index (χ3n) is 5.80.